The highest BCUT2D eigenvalue weighted by molar-refractivity contribution is 7.99. The zero-order chi connectivity index (χ0) is 9.97. The van der Waals surface area contributed by atoms with Crippen molar-refractivity contribution in [3.05, 3.63) is 42.0 Å². The standard InChI is InChI=1S/C10H9FN2S/c1-7-6-12-10(13-7)14-9-5-3-2-4-8(9)11/h2-6H,1H3,(H,12,13). The van der Waals surface area contributed by atoms with Crippen molar-refractivity contribution in [3.8, 4) is 0 Å². The Morgan fingerprint density at radius 3 is 2.79 bits per heavy atom. The van der Waals surface area contributed by atoms with Gasteiger partial charge in [-0.05, 0) is 30.8 Å². The molecule has 0 fully saturated rings. The molecule has 1 aromatic carbocycles. The number of nitrogens with one attached hydrogen (secondary N) is 1. The second-order valence-corrected chi connectivity index (χ2v) is 3.93. The maximum absolute atomic E-state index is 13.2. The summed E-state index contributed by atoms with van der Waals surface area (Å²) in [5.41, 5.74) is 0.976. The van der Waals surface area contributed by atoms with Crippen LogP contribution in [0.2, 0.25) is 0 Å². The average Bonchev–Trinajstić information content (AvgIpc) is 2.56. The quantitative estimate of drug-likeness (QED) is 0.821. The topological polar surface area (TPSA) is 28.7 Å². The number of hydrogen-bond donors (Lipinski definition) is 1. The Balaban J connectivity index is 2.23. The molecule has 0 amide bonds. The molecule has 0 atom stereocenters. The van der Waals surface area contributed by atoms with Gasteiger partial charge in [0.25, 0.3) is 0 Å². The van der Waals surface area contributed by atoms with Crippen molar-refractivity contribution < 1.29 is 4.39 Å². The van der Waals surface area contributed by atoms with Crippen LogP contribution in [0.3, 0.4) is 0 Å². The lowest BCUT2D eigenvalue weighted by Crippen LogP contribution is -1.81. The van der Waals surface area contributed by atoms with Gasteiger partial charge in [0, 0.05) is 11.9 Å². The monoisotopic (exact) mass is 208 g/mol. The maximum Gasteiger partial charge on any atom is 0.170 e. The number of aryl methyl sites for hydroxylation is 1. The molecule has 0 aliphatic rings. The molecule has 1 heterocycles. The molecule has 0 saturated carbocycles. The van der Waals surface area contributed by atoms with Gasteiger partial charge >= 0.3 is 0 Å². The number of halogens is 1. The van der Waals surface area contributed by atoms with Crippen LogP contribution in [0.15, 0.2) is 40.5 Å². The predicted octanol–water partition coefficient (Wildman–Crippen LogP) is 3.01. The van der Waals surface area contributed by atoms with Crippen molar-refractivity contribution in [3.63, 3.8) is 0 Å². The van der Waals surface area contributed by atoms with E-state index in [9.17, 15) is 4.39 Å². The van der Waals surface area contributed by atoms with Gasteiger partial charge in [-0.15, -0.1) is 0 Å². The van der Waals surface area contributed by atoms with E-state index in [-0.39, 0.29) is 5.82 Å². The highest BCUT2D eigenvalue weighted by Gasteiger charge is 2.04. The third-order valence-electron chi connectivity index (χ3n) is 1.72. The van der Waals surface area contributed by atoms with Crippen LogP contribution in [-0.4, -0.2) is 9.97 Å². The summed E-state index contributed by atoms with van der Waals surface area (Å²) < 4.78 is 13.2. The lowest BCUT2D eigenvalue weighted by molar-refractivity contribution is 0.601. The van der Waals surface area contributed by atoms with Crippen molar-refractivity contribution in [2.75, 3.05) is 0 Å². The predicted molar refractivity (Wildman–Crippen MR) is 53.8 cm³/mol. The molecule has 1 N–H and O–H groups in total. The summed E-state index contributed by atoms with van der Waals surface area (Å²) in [7, 11) is 0. The van der Waals surface area contributed by atoms with E-state index in [2.05, 4.69) is 9.97 Å². The Labute approximate surface area is 85.6 Å². The number of hydrogen-bond acceptors (Lipinski definition) is 2. The van der Waals surface area contributed by atoms with Gasteiger partial charge in [0.05, 0.1) is 4.90 Å². The third-order valence-corrected chi connectivity index (χ3v) is 2.67. The summed E-state index contributed by atoms with van der Waals surface area (Å²) in [5, 5.41) is 0.715. The molecule has 0 radical (unpaired) electrons. The van der Waals surface area contributed by atoms with Gasteiger partial charge in [-0.2, -0.15) is 0 Å². The number of aromatic nitrogens is 2. The van der Waals surface area contributed by atoms with Gasteiger partial charge in [0.2, 0.25) is 0 Å². The number of imidazole rings is 1. The molecular formula is C10H9FN2S. The van der Waals surface area contributed by atoms with Crippen LogP contribution in [0.5, 0.6) is 0 Å². The summed E-state index contributed by atoms with van der Waals surface area (Å²) in [6.07, 6.45) is 1.73. The van der Waals surface area contributed by atoms with Crippen LogP contribution in [0.4, 0.5) is 4.39 Å². The van der Waals surface area contributed by atoms with Gasteiger partial charge in [-0.25, -0.2) is 9.37 Å². The second-order valence-electron chi connectivity index (χ2n) is 2.90. The fourth-order valence-electron chi connectivity index (χ4n) is 1.07. The van der Waals surface area contributed by atoms with Crippen LogP contribution in [0.25, 0.3) is 0 Å². The fourth-order valence-corrected chi connectivity index (χ4v) is 1.91. The highest BCUT2D eigenvalue weighted by atomic mass is 32.2. The van der Waals surface area contributed by atoms with E-state index in [4.69, 9.17) is 0 Å². The number of H-pyrrole nitrogens is 1. The molecule has 0 aliphatic carbocycles. The Morgan fingerprint density at radius 2 is 2.14 bits per heavy atom. The van der Waals surface area contributed by atoms with Crippen molar-refractivity contribution in [1.82, 2.24) is 9.97 Å². The van der Waals surface area contributed by atoms with E-state index < -0.39 is 0 Å². The fraction of sp³-hybridized carbons (Fsp3) is 0.100. The van der Waals surface area contributed by atoms with E-state index in [1.54, 1.807) is 24.4 Å². The molecule has 0 unspecified atom stereocenters. The summed E-state index contributed by atoms with van der Waals surface area (Å²) in [6.45, 7) is 1.92. The van der Waals surface area contributed by atoms with E-state index in [0.717, 1.165) is 5.69 Å². The van der Waals surface area contributed by atoms with Crippen molar-refractivity contribution >= 4 is 11.8 Å². The number of aromatic amines is 1. The van der Waals surface area contributed by atoms with E-state index in [1.807, 2.05) is 6.92 Å². The Kier molecular flexibility index (Phi) is 2.54. The number of rotatable bonds is 2. The van der Waals surface area contributed by atoms with Crippen molar-refractivity contribution in [2.45, 2.75) is 17.0 Å². The number of benzene rings is 1. The smallest absolute Gasteiger partial charge is 0.170 e. The maximum atomic E-state index is 13.2. The van der Waals surface area contributed by atoms with E-state index >= 15 is 0 Å². The molecule has 0 saturated heterocycles. The van der Waals surface area contributed by atoms with Crippen LogP contribution < -0.4 is 0 Å². The van der Waals surface area contributed by atoms with Gasteiger partial charge in [-0.3, -0.25) is 0 Å². The number of nitrogens with zero attached hydrogens (tertiary/aromatic N) is 1. The van der Waals surface area contributed by atoms with Crippen molar-refractivity contribution in [2.24, 2.45) is 0 Å². The minimum Gasteiger partial charge on any atom is -0.337 e. The Bertz CT molecular complexity index is 439. The SMILES string of the molecule is Cc1cnc(Sc2ccccc2F)[nH]1. The van der Waals surface area contributed by atoms with Crippen LogP contribution in [0, 0.1) is 12.7 Å². The molecule has 1 aromatic heterocycles. The van der Waals surface area contributed by atoms with E-state index in [0.29, 0.717) is 10.1 Å². The van der Waals surface area contributed by atoms with E-state index in [1.165, 1.54) is 17.8 Å². The average molecular weight is 208 g/mol. The lowest BCUT2D eigenvalue weighted by atomic mass is 10.4. The van der Waals surface area contributed by atoms with Crippen LogP contribution in [-0.2, 0) is 0 Å². The minimum absolute atomic E-state index is 0.216. The zero-order valence-corrected chi connectivity index (χ0v) is 8.44. The molecule has 0 bridgehead atoms. The summed E-state index contributed by atoms with van der Waals surface area (Å²) in [5.74, 6) is -0.216. The van der Waals surface area contributed by atoms with Gasteiger partial charge in [-0.1, -0.05) is 12.1 Å². The van der Waals surface area contributed by atoms with Crippen LogP contribution in [0.1, 0.15) is 5.69 Å². The normalized spacial score (nSPS) is 10.4. The first-order valence-electron chi connectivity index (χ1n) is 4.20. The lowest BCUT2D eigenvalue weighted by Gasteiger charge is -1.98. The molecule has 14 heavy (non-hydrogen) atoms. The largest absolute Gasteiger partial charge is 0.337 e. The molecule has 0 spiro atoms. The Hall–Kier alpha value is -1.29. The van der Waals surface area contributed by atoms with Crippen molar-refractivity contribution in [1.29, 1.82) is 0 Å². The molecule has 2 nitrogen and oxygen atoms in total. The molecule has 0 aliphatic heterocycles. The van der Waals surface area contributed by atoms with Gasteiger partial charge < -0.3 is 4.98 Å². The molecule has 72 valence electrons. The minimum atomic E-state index is -0.216. The third kappa shape index (κ3) is 1.96. The second kappa shape index (κ2) is 3.84. The molecule has 2 aromatic rings. The van der Waals surface area contributed by atoms with Gasteiger partial charge in [0.1, 0.15) is 5.82 Å². The zero-order valence-electron chi connectivity index (χ0n) is 7.62. The first kappa shape index (κ1) is 9.27. The summed E-state index contributed by atoms with van der Waals surface area (Å²) in [4.78, 5) is 7.71. The molecular weight excluding hydrogens is 199 g/mol. The molecule has 2 rings (SSSR count). The van der Waals surface area contributed by atoms with Gasteiger partial charge in [0.15, 0.2) is 5.16 Å². The first-order chi connectivity index (χ1) is 6.75. The van der Waals surface area contributed by atoms with Crippen LogP contribution >= 0.6 is 11.8 Å². The summed E-state index contributed by atoms with van der Waals surface area (Å²) in [6, 6.07) is 6.66. The first-order valence-corrected chi connectivity index (χ1v) is 5.01. The highest BCUT2D eigenvalue weighted by Crippen LogP contribution is 2.26. The summed E-state index contributed by atoms with van der Waals surface area (Å²) >= 11 is 1.29. The molecule has 4 heteroatoms. The Morgan fingerprint density at radius 1 is 1.36 bits per heavy atom.